The summed E-state index contributed by atoms with van der Waals surface area (Å²) in [5, 5.41) is 12.8. The summed E-state index contributed by atoms with van der Waals surface area (Å²) in [4.78, 5) is 26.6. The van der Waals surface area contributed by atoms with Crippen LogP contribution in [0.25, 0.3) is 0 Å². The molecule has 1 saturated heterocycles. The van der Waals surface area contributed by atoms with Gasteiger partial charge in [0.05, 0.1) is 18.2 Å². The molecule has 160 valence electrons. The number of ether oxygens (including phenoxy) is 2. The lowest BCUT2D eigenvalue weighted by Crippen LogP contribution is -2.39. The second-order valence-corrected chi connectivity index (χ2v) is 7.33. The second-order valence-electron chi connectivity index (χ2n) is 7.33. The zero-order valence-corrected chi connectivity index (χ0v) is 17.3. The molecule has 2 atom stereocenters. The van der Waals surface area contributed by atoms with E-state index in [4.69, 9.17) is 9.47 Å². The Kier molecular flexibility index (Phi) is 7.30. The van der Waals surface area contributed by atoms with Crippen molar-refractivity contribution < 1.29 is 24.2 Å². The molecule has 0 bridgehead atoms. The van der Waals surface area contributed by atoms with Gasteiger partial charge in [0.1, 0.15) is 24.2 Å². The molecular weight excluding hydrogens is 384 g/mol. The third kappa shape index (κ3) is 5.51. The highest BCUT2D eigenvalue weighted by atomic mass is 16.5. The number of aryl methyl sites for hydroxylation is 1. The number of aliphatic hydroxyl groups is 1. The Bertz CT molecular complexity index is 885. The van der Waals surface area contributed by atoms with Crippen molar-refractivity contribution in [1.82, 2.24) is 5.32 Å². The highest BCUT2D eigenvalue weighted by Crippen LogP contribution is 2.33. The molecule has 2 aromatic rings. The fraction of sp³-hybridized carbons (Fsp3) is 0.391. The number of hydrogen-bond acceptors (Lipinski definition) is 5. The number of nitrogens with zero attached hydrogens (tertiary/aromatic N) is 1. The van der Waals surface area contributed by atoms with E-state index in [1.165, 1.54) is 0 Å². The summed E-state index contributed by atoms with van der Waals surface area (Å²) in [6.07, 6.45) is -0.719. The number of hydrogen-bond donors (Lipinski definition) is 2. The van der Waals surface area contributed by atoms with Gasteiger partial charge in [0.2, 0.25) is 11.8 Å². The van der Waals surface area contributed by atoms with E-state index >= 15 is 0 Å². The normalized spacial score (nSPS) is 17.0. The van der Waals surface area contributed by atoms with Crippen LogP contribution < -0.4 is 19.7 Å². The summed E-state index contributed by atoms with van der Waals surface area (Å²) in [6.45, 7) is 4.75. The van der Waals surface area contributed by atoms with Crippen LogP contribution in [0.3, 0.4) is 0 Å². The van der Waals surface area contributed by atoms with Crippen molar-refractivity contribution in [2.75, 3.05) is 31.2 Å². The van der Waals surface area contributed by atoms with E-state index in [2.05, 4.69) is 5.32 Å². The maximum atomic E-state index is 12.5. The molecular formula is C23H28N2O5. The van der Waals surface area contributed by atoms with Gasteiger partial charge in [-0.05, 0) is 43.7 Å². The first-order chi connectivity index (χ1) is 14.5. The van der Waals surface area contributed by atoms with Crippen molar-refractivity contribution in [3.05, 3.63) is 54.1 Å². The van der Waals surface area contributed by atoms with Gasteiger partial charge >= 0.3 is 0 Å². The number of para-hydroxylation sites is 2. The van der Waals surface area contributed by atoms with Crippen LogP contribution in [-0.2, 0) is 9.59 Å². The second kappa shape index (κ2) is 10.1. The summed E-state index contributed by atoms with van der Waals surface area (Å²) in [5.74, 6) is 0.445. The molecule has 1 heterocycles. The van der Waals surface area contributed by atoms with Gasteiger partial charge in [-0.15, -0.1) is 0 Å². The first-order valence-corrected chi connectivity index (χ1v) is 10.2. The van der Waals surface area contributed by atoms with E-state index in [9.17, 15) is 14.7 Å². The number of anilines is 1. The van der Waals surface area contributed by atoms with Crippen molar-refractivity contribution in [2.24, 2.45) is 5.92 Å². The molecule has 2 N–H and O–H groups in total. The molecule has 7 nitrogen and oxygen atoms in total. The molecule has 1 aliphatic rings. The Morgan fingerprint density at radius 1 is 1.23 bits per heavy atom. The highest BCUT2D eigenvalue weighted by molar-refractivity contribution is 6.01. The molecule has 30 heavy (non-hydrogen) atoms. The van der Waals surface area contributed by atoms with Gasteiger partial charge in [-0.2, -0.15) is 0 Å². The highest BCUT2D eigenvalue weighted by Gasteiger charge is 2.36. The van der Waals surface area contributed by atoms with Crippen molar-refractivity contribution in [3.8, 4) is 11.5 Å². The molecule has 2 unspecified atom stereocenters. The molecule has 2 amide bonds. The Hall–Kier alpha value is -3.06. The van der Waals surface area contributed by atoms with E-state index in [-0.39, 0.29) is 37.9 Å². The van der Waals surface area contributed by atoms with Crippen LogP contribution in [0, 0.1) is 12.8 Å². The van der Waals surface area contributed by atoms with Crippen LogP contribution in [0.1, 0.15) is 18.9 Å². The fourth-order valence-electron chi connectivity index (χ4n) is 3.39. The van der Waals surface area contributed by atoms with Gasteiger partial charge < -0.3 is 24.8 Å². The number of carbonyl (C=O) groups excluding carboxylic acids is 2. The predicted octanol–water partition coefficient (Wildman–Crippen LogP) is 2.30. The molecule has 0 spiro atoms. The molecule has 0 saturated carbocycles. The van der Waals surface area contributed by atoms with Crippen molar-refractivity contribution in [2.45, 2.75) is 26.4 Å². The van der Waals surface area contributed by atoms with Gasteiger partial charge in [0, 0.05) is 19.5 Å². The van der Waals surface area contributed by atoms with Crippen LogP contribution in [-0.4, -0.2) is 49.3 Å². The van der Waals surface area contributed by atoms with Crippen LogP contribution in [0.4, 0.5) is 5.69 Å². The lowest BCUT2D eigenvalue weighted by molar-refractivity contribution is -0.126. The number of carbonyl (C=O) groups is 2. The van der Waals surface area contributed by atoms with Gasteiger partial charge in [0.25, 0.3) is 0 Å². The zero-order valence-electron chi connectivity index (χ0n) is 17.3. The number of amides is 2. The van der Waals surface area contributed by atoms with Crippen molar-refractivity contribution in [1.29, 1.82) is 0 Å². The molecule has 7 heteroatoms. The fourth-order valence-corrected chi connectivity index (χ4v) is 3.39. The number of aliphatic hydroxyl groups excluding tert-OH is 1. The summed E-state index contributed by atoms with van der Waals surface area (Å²) < 4.78 is 11.2. The summed E-state index contributed by atoms with van der Waals surface area (Å²) in [7, 11) is 0. The van der Waals surface area contributed by atoms with Crippen LogP contribution in [0.15, 0.2) is 48.5 Å². The van der Waals surface area contributed by atoms with Crippen LogP contribution >= 0.6 is 0 Å². The van der Waals surface area contributed by atoms with E-state index < -0.39 is 12.0 Å². The Morgan fingerprint density at radius 3 is 2.80 bits per heavy atom. The largest absolute Gasteiger partial charge is 0.492 e. The van der Waals surface area contributed by atoms with E-state index in [1.54, 1.807) is 4.90 Å². The first kappa shape index (κ1) is 21.6. The van der Waals surface area contributed by atoms with Gasteiger partial charge in [0.15, 0.2) is 0 Å². The minimum Gasteiger partial charge on any atom is -0.492 e. The zero-order chi connectivity index (χ0) is 21.5. The Balaban J connectivity index is 1.50. The minimum absolute atomic E-state index is 0.0604. The minimum atomic E-state index is -0.846. The van der Waals surface area contributed by atoms with Crippen molar-refractivity contribution in [3.63, 3.8) is 0 Å². The molecule has 0 aliphatic carbocycles. The van der Waals surface area contributed by atoms with Gasteiger partial charge in [-0.25, -0.2) is 0 Å². The molecule has 3 rings (SSSR count). The third-order valence-corrected chi connectivity index (χ3v) is 4.90. The topological polar surface area (TPSA) is 88.1 Å². The van der Waals surface area contributed by atoms with Crippen molar-refractivity contribution >= 4 is 17.5 Å². The summed E-state index contributed by atoms with van der Waals surface area (Å²) in [5.41, 5.74) is 1.74. The summed E-state index contributed by atoms with van der Waals surface area (Å²) >= 11 is 0. The van der Waals surface area contributed by atoms with Crippen LogP contribution in [0.2, 0.25) is 0 Å². The maximum Gasteiger partial charge on any atom is 0.227 e. The quantitative estimate of drug-likeness (QED) is 0.660. The lowest BCUT2D eigenvalue weighted by Gasteiger charge is -2.20. The number of nitrogens with one attached hydrogen (secondary N) is 1. The average Bonchev–Trinajstić information content (AvgIpc) is 3.13. The van der Waals surface area contributed by atoms with E-state index in [1.807, 2.05) is 62.4 Å². The predicted molar refractivity (Wildman–Crippen MR) is 114 cm³/mol. The molecule has 1 aliphatic heterocycles. The van der Waals surface area contributed by atoms with E-state index in [0.29, 0.717) is 23.8 Å². The first-order valence-electron chi connectivity index (χ1n) is 10.2. The maximum absolute atomic E-state index is 12.5. The standard InChI is InChI=1S/C23H28N2O5/c1-3-29-21-10-5-4-9-20(21)25-14-17(12-22(25)27)23(28)24-13-18(26)15-30-19-8-6-7-16(2)11-19/h4-11,17-18,26H,3,12-15H2,1-2H3,(H,24,28). The molecule has 0 aromatic heterocycles. The van der Waals surface area contributed by atoms with Gasteiger partial charge in [-0.3, -0.25) is 9.59 Å². The van der Waals surface area contributed by atoms with Crippen LogP contribution in [0.5, 0.6) is 11.5 Å². The average molecular weight is 412 g/mol. The number of benzene rings is 2. The monoisotopic (exact) mass is 412 g/mol. The van der Waals surface area contributed by atoms with E-state index in [0.717, 1.165) is 5.56 Å². The molecule has 2 aromatic carbocycles. The molecule has 1 fully saturated rings. The smallest absolute Gasteiger partial charge is 0.227 e. The Morgan fingerprint density at radius 2 is 2.03 bits per heavy atom. The lowest BCUT2D eigenvalue weighted by atomic mass is 10.1. The SMILES string of the molecule is CCOc1ccccc1N1CC(C(=O)NCC(O)COc2cccc(C)c2)CC1=O. The number of rotatable bonds is 9. The Labute approximate surface area is 176 Å². The molecule has 0 radical (unpaired) electrons. The van der Waals surface area contributed by atoms with Gasteiger partial charge in [-0.1, -0.05) is 24.3 Å². The third-order valence-electron chi connectivity index (χ3n) is 4.90. The summed E-state index contributed by atoms with van der Waals surface area (Å²) in [6, 6.07) is 14.8.